The molecule has 1 fully saturated rings. The van der Waals surface area contributed by atoms with E-state index in [1.807, 2.05) is 46.6 Å². The predicted molar refractivity (Wildman–Crippen MR) is 106 cm³/mol. The van der Waals surface area contributed by atoms with Gasteiger partial charge in [0.15, 0.2) is 0 Å². The first-order valence-electron chi connectivity index (χ1n) is 9.34. The average Bonchev–Trinajstić information content (AvgIpc) is 3.39. The third kappa shape index (κ3) is 2.99. The van der Waals surface area contributed by atoms with Crippen LogP contribution in [0.15, 0.2) is 54.9 Å². The summed E-state index contributed by atoms with van der Waals surface area (Å²) in [6, 6.07) is 14.7. The molecule has 3 aromatic heterocycles. The van der Waals surface area contributed by atoms with Gasteiger partial charge in [0.2, 0.25) is 0 Å². The number of fused-ring (bicyclic) bond motifs is 3. The van der Waals surface area contributed by atoms with Crippen LogP contribution >= 0.6 is 11.3 Å². The first kappa shape index (κ1) is 16.7. The molecule has 2 atom stereocenters. The van der Waals surface area contributed by atoms with Gasteiger partial charge in [-0.3, -0.25) is 14.7 Å². The van der Waals surface area contributed by atoms with Gasteiger partial charge >= 0.3 is 0 Å². The van der Waals surface area contributed by atoms with Crippen molar-refractivity contribution >= 4 is 17.2 Å². The maximum Gasteiger partial charge on any atom is 0.271 e. The quantitative estimate of drug-likeness (QED) is 0.699. The van der Waals surface area contributed by atoms with E-state index in [9.17, 15) is 4.79 Å². The molecule has 0 aromatic carbocycles. The third-order valence-electron chi connectivity index (χ3n) is 5.59. The van der Waals surface area contributed by atoms with Crippen molar-refractivity contribution in [3.63, 3.8) is 0 Å². The molecular weight excluding hydrogens is 356 g/mol. The molecule has 3 aromatic rings. The second-order valence-electron chi connectivity index (χ2n) is 7.40. The number of carbonyl (C=O) groups excluding carboxylic acids is 1. The fraction of sp³-hybridized carbons (Fsp3) is 0.333. The molecule has 1 saturated heterocycles. The normalized spacial score (nSPS) is 22.1. The number of hydrogen-bond donors (Lipinski definition) is 0. The van der Waals surface area contributed by atoms with Crippen LogP contribution in [0.25, 0.3) is 0 Å². The monoisotopic (exact) mass is 378 g/mol. The van der Waals surface area contributed by atoms with Crippen LogP contribution in [0.4, 0.5) is 0 Å². The Balaban J connectivity index is 1.43. The lowest BCUT2D eigenvalue weighted by atomic mass is 10.1. The van der Waals surface area contributed by atoms with Crippen molar-refractivity contribution in [2.75, 3.05) is 13.1 Å². The largest absolute Gasteiger partial charge is 0.337 e. The highest BCUT2D eigenvalue weighted by Gasteiger charge is 2.44. The summed E-state index contributed by atoms with van der Waals surface area (Å²) in [5, 5.41) is 0. The van der Waals surface area contributed by atoms with Gasteiger partial charge in [-0.1, -0.05) is 6.07 Å². The van der Waals surface area contributed by atoms with Crippen molar-refractivity contribution in [3.05, 3.63) is 76.0 Å². The summed E-state index contributed by atoms with van der Waals surface area (Å²) in [6.45, 7) is 5.54. The molecule has 2 aliphatic heterocycles. The van der Waals surface area contributed by atoms with Gasteiger partial charge < -0.3 is 9.47 Å². The Kier molecular flexibility index (Phi) is 4.10. The molecule has 5 nitrogen and oxygen atoms in total. The van der Waals surface area contributed by atoms with Crippen LogP contribution in [0.5, 0.6) is 0 Å². The zero-order chi connectivity index (χ0) is 18.4. The number of amides is 1. The van der Waals surface area contributed by atoms with Crippen LogP contribution < -0.4 is 0 Å². The van der Waals surface area contributed by atoms with E-state index in [4.69, 9.17) is 0 Å². The van der Waals surface area contributed by atoms with Crippen LogP contribution in [-0.2, 0) is 13.1 Å². The van der Waals surface area contributed by atoms with Gasteiger partial charge in [0.05, 0.1) is 24.3 Å². The molecule has 27 heavy (non-hydrogen) atoms. The molecule has 0 N–H and O–H groups in total. The van der Waals surface area contributed by atoms with Gasteiger partial charge in [-0.2, -0.15) is 0 Å². The van der Waals surface area contributed by atoms with E-state index in [1.54, 1.807) is 6.20 Å². The number of hydrogen-bond acceptors (Lipinski definition) is 4. The molecule has 2 aliphatic rings. The highest BCUT2D eigenvalue weighted by Crippen LogP contribution is 2.35. The van der Waals surface area contributed by atoms with Gasteiger partial charge in [0, 0.05) is 41.8 Å². The van der Waals surface area contributed by atoms with Crippen molar-refractivity contribution in [2.24, 2.45) is 0 Å². The van der Waals surface area contributed by atoms with E-state index in [0.717, 1.165) is 31.0 Å². The minimum Gasteiger partial charge on any atom is -0.337 e. The summed E-state index contributed by atoms with van der Waals surface area (Å²) >= 11 is 1.86. The highest BCUT2D eigenvalue weighted by atomic mass is 32.1. The van der Waals surface area contributed by atoms with Crippen molar-refractivity contribution in [1.82, 2.24) is 19.4 Å². The Hall–Kier alpha value is -2.44. The Bertz CT molecular complexity index is 963. The molecule has 0 saturated carbocycles. The summed E-state index contributed by atoms with van der Waals surface area (Å²) in [6.07, 6.45) is 3.85. The molecule has 0 radical (unpaired) electrons. The maximum absolute atomic E-state index is 13.2. The standard InChI is InChI=1S/C21H22N4OS/c1-15-7-8-17(27-15)12-23-13-19-20(14-23)25(11-16-5-2-3-9-22-16)21(26)18-6-4-10-24(18)19/h2-10,19-20H,11-14H2,1H3. The first-order chi connectivity index (χ1) is 13.2. The summed E-state index contributed by atoms with van der Waals surface area (Å²) < 4.78 is 2.18. The summed E-state index contributed by atoms with van der Waals surface area (Å²) in [7, 11) is 0. The van der Waals surface area contributed by atoms with Crippen molar-refractivity contribution < 1.29 is 4.79 Å². The molecule has 138 valence electrons. The number of carbonyl (C=O) groups is 1. The van der Waals surface area contributed by atoms with E-state index in [0.29, 0.717) is 12.6 Å². The summed E-state index contributed by atoms with van der Waals surface area (Å²) in [5.74, 6) is 0.112. The molecule has 5 rings (SSSR count). The summed E-state index contributed by atoms with van der Waals surface area (Å²) in [4.78, 5) is 24.8. The number of likely N-dealkylation sites (tertiary alicyclic amines) is 1. The lowest BCUT2D eigenvalue weighted by Gasteiger charge is -2.38. The van der Waals surface area contributed by atoms with Gasteiger partial charge in [-0.15, -0.1) is 11.3 Å². The second-order valence-corrected chi connectivity index (χ2v) is 8.77. The lowest BCUT2D eigenvalue weighted by Crippen LogP contribution is -2.49. The maximum atomic E-state index is 13.2. The van der Waals surface area contributed by atoms with E-state index in [2.05, 4.69) is 39.7 Å². The second kappa shape index (κ2) is 6.62. The Labute approximate surface area is 162 Å². The van der Waals surface area contributed by atoms with Crippen molar-refractivity contribution in [1.29, 1.82) is 0 Å². The van der Waals surface area contributed by atoms with Gasteiger partial charge in [-0.05, 0) is 43.3 Å². The fourth-order valence-electron chi connectivity index (χ4n) is 4.36. The summed E-state index contributed by atoms with van der Waals surface area (Å²) in [5.41, 5.74) is 1.73. The number of thiophene rings is 1. The van der Waals surface area contributed by atoms with Gasteiger partial charge in [0.1, 0.15) is 5.69 Å². The molecule has 5 heterocycles. The number of rotatable bonds is 4. The fourth-order valence-corrected chi connectivity index (χ4v) is 5.30. The Morgan fingerprint density at radius 2 is 1.96 bits per heavy atom. The minimum absolute atomic E-state index is 0.112. The van der Waals surface area contributed by atoms with E-state index < -0.39 is 0 Å². The van der Waals surface area contributed by atoms with Crippen LogP contribution in [0.1, 0.15) is 32.0 Å². The number of nitrogens with zero attached hydrogens (tertiary/aromatic N) is 4. The topological polar surface area (TPSA) is 41.4 Å². The third-order valence-corrected chi connectivity index (χ3v) is 6.57. The predicted octanol–water partition coefficient (Wildman–Crippen LogP) is 3.33. The highest BCUT2D eigenvalue weighted by molar-refractivity contribution is 7.11. The molecule has 0 bridgehead atoms. The van der Waals surface area contributed by atoms with Crippen LogP contribution in [-0.4, -0.2) is 44.4 Å². The lowest BCUT2D eigenvalue weighted by molar-refractivity contribution is 0.0553. The van der Waals surface area contributed by atoms with E-state index in [1.165, 1.54) is 9.75 Å². The van der Waals surface area contributed by atoms with Gasteiger partial charge in [-0.25, -0.2) is 0 Å². The average molecular weight is 379 g/mol. The Morgan fingerprint density at radius 3 is 2.74 bits per heavy atom. The van der Waals surface area contributed by atoms with Crippen LogP contribution in [0, 0.1) is 6.92 Å². The van der Waals surface area contributed by atoms with Crippen LogP contribution in [0.3, 0.4) is 0 Å². The molecule has 1 amide bonds. The van der Waals surface area contributed by atoms with Gasteiger partial charge in [0.25, 0.3) is 5.91 Å². The molecule has 6 heteroatoms. The molecule has 0 spiro atoms. The zero-order valence-corrected chi connectivity index (χ0v) is 16.1. The SMILES string of the molecule is Cc1ccc(CN2CC3C(C2)n2cccc2C(=O)N3Cc2ccccn2)s1. The molecule has 0 aliphatic carbocycles. The van der Waals surface area contributed by atoms with Crippen LogP contribution in [0.2, 0.25) is 0 Å². The van der Waals surface area contributed by atoms with Crippen molar-refractivity contribution in [2.45, 2.75) is 32.1 Å². The number of pyridine rings is 1. The van der Waals surface area contributed by atoms with E-state index >= 15 is 0 Å². The molecule has 2 unspecified atom stereocenters. The molecular formula is C21H22N4OS. The first-order valence-corrected chi connectivity index (χ1v) is 10.2. The minimum atomic E-state index is 0.112. The zero-order valence-electron chi connectivity index (χ0n) is 15.3. The smallest absolute Gasteiger partial charge is 0.271 e. The Morgan fingerprint density at radius 1 is 1.07 bits per heavy atom. The van der Waals surface area contributed by atoms with Crippen molar-refractivity contribution in [3.8, 4) is 0 Å². The number of aromatic nitrogens is 2. The number of aryl methyl sites for hydroxylation is 1. The van der Waals surface area contributed by atoms with E-state index in [-0.39, 0.29) is 11.9 Å².